The van der Waals surface area contributed by atoms with E-state index in [1.165, 1.54) is 6.26 Å². The third kappa shape index (κ3) is 7.98. The van der Waals surface area contributed by atoms with Crippen molar-refractivity contribution in [2.75, 3.05) is 45.5 Å². The highest BCUT2D eigenvalue weighted by Gasteiger charge is 2.08. The summed E-state index contributed by atoms with van der Waals surface area (Å²) in [4.78, 5) is 2.28. The summed E-state index contributed by atoms with van der Waals surface area (Å²) in [5, 5.41) is 3.30. The molecule has 1 fully saturated rings. The molecular formula is C8H20ClN3O2S. The Bertz CT molecular complexity index is 251. The highest BCUT2D eigenvalue weighted by Crippen LogP contribution is 1.93. The van der Waals surface area contributed by atoms with E-state index in [9.17, 15) is 8.42 Å². The zero-order valence-electron chi connectivity index (χ0n) is 9.03. The van der Waals surface area contributed by atoms with Crippen LogP contribution in [0.15, 0.2) is 0 Å². The van der Waals surface area contributed by atoms with Gasteiger partial charge >= 0.3 is 0 Å². The lowest BCUT2D eigenvalue weighted by atomic mass is 10.4. The molecule has 0 amide bonds. The predicted octanol–water partition coefficient (Wildman–Crippen LogP) is -0.747. The number of nitrogens with one attached hydrogen (secondary N) is 2. The van der Waals surface area contributed by atoms with Gasteiger partial charge in [0.2, 0.25) is 10.0 Å². The van der Waals surface area contributed by atoms with Gasteiger partial charge in [-0.15, -0.1) is 12.4 Å². The Balaban J connectivity index is 0.00000196. The van der Waals surface area contributed by atoms with Crippen molar-refractivity contribution >= 4 is 22.4 Å². The molecule has 2 N–H and O–H groups in total. The van der Waals surface area contributed by atoms with Gasteiger partial charge in [-0.2, -0.15) is 0 Å². The summed E-state index contributed by atoms with van der Waals surface area (Å²) in [5.74, 6) is 0. The number of halogens is 1. The fraction of sp³-hybridized carbons (Fsp3) is 1.00. The maximum atomic E-state index is 10.8. The van der Waals surface area contributed by atoms with Crippen LogP contribution in [0.3, 0.4) is 0 Å². The van der Waals surface area contributed by atoms with Gasteiger partial charge in [-0.1, -0.05) is 0 Å². The summed E-state index contributed by atoms with van der Waals surface area (Å²) >= 11 is 0. The largest absolute Gasteiger partial charge is 0.315 e. The predicted molar refractivity (Wildman–Crippen MR) is 64.0 cm³/mol. The van der Waals surface area contributed by atoms with Crippen LogP contribution in [0.2, 0.25) is 0 Å². The Kier molecular flexibility index (Phi) is 7.46. The molecule has 1 rings (SSSR count). The minimum atomic E-state index is -3.03. The van der Waals surface area contributed by atoms with E-state index in [-0.39, 0.29) is 12.4 Å². The summed E-state index contributed by atoms with van der Waals surface area (Å²) in [6.45, 7) is 5.44. The third-order valence-corrected chi connectivity index (χ3v) is 2.95. The van der Waals surface area contributed by atoms with Crippen LogP contribution in [0, 0.1) is 0 Å². The van der Waals surface area contributed by atoms with E-state index in [1.807, 2.05) is 0 Å². The molecule has 0 unspecified atom stereocenters. The second-order valence-electron chi connectivity index (χ2n) is 3.61. The van der Waals surface area contributed by atoms with Crippen molar-refractivity contribution in [2.45, 2.75) is 6.42 Å². The normalized spacial score (nSPS) is 19.3. The van der Waals surface area contributed by atoms with Crippen LogP contribution in [-0.2, 0) is 10.0 Å². The first-order valence-electron chi connectivity index (χ1n) is 4.96. The Labute approximate surface area is 98.1 Å². The lowest BCUT2D eigenvalue weighted by Gasteiger charge is -2.18. The number of nitrogens with zero attached hydrogens (tertiary/aromatic N) is 1. The summed E-state index contributed by atoms with van der Waals surface area (Å²) in [6.07, 6.45) is 2.33. The smallest absolute Gasteiger partial charge is 0.208 e. The minimum absolute atomic E-state index is 0. The van der Waals surface area contributed by atoms with Crippen molar-refractivity contribution in [1.29, 1.82) is 0 Å². The standard InChI is InChI=1S/C8H19N3O2S.ClH/c1-14(12,13)10-5-8-11-6-2-3-9-4-7-11;/h9-10H,2-8H2,1H3;1H. The highest BCUT2D eigenvalue weighted by atomic mass is 35.5. The quantitative estimate of drug-likeness (QED) is 0.696. The highest BCUT2D eigenvalue weighted by molar-refractivity contribution is 7.88. The fourth-order valence-corrected chi connectivity index (χ4v) is 1.98. The van der Waals surface area contributed by atoms with Gasteiger partial charge in [0.05, 0.1) is 6.26 Å². The monoisotopic (exact) mass is 257 g/mol. The Hall–Kier alpha value is 0.120. The SMILES string of the molecule is CS(=O)(=O)NCCN1CCCNCC1.Cl. The van der Waals surface area contributed by atoms with Gasteiger partial charge in [0, 0.05) is 26.2 Å². The molecule has 1 heterocycles. The van der Waals surface area contributed by atoms with Gasteiger partial charge in [-0.3, -0.25) is 0 Å². The Morgan fingerprint density at radius 2 is 2.07 bits per heavy atom. The first-order chi connectivity index (χ1) is 6.58. The molecule has 0 atom stereocenters. The van der Waals surface area contributed by atoms with Crippen LogP contribution in [-0.4, -0.2) is 58.8 Å². The van der Waals surface area contributed by atoms with Crippen LogP contribution in [0.5, 0.6) is 0 Å². The van der Waals surface area contributed by atoms with Gasteiger partial charge < -0.3 is 10.2 Å². The number of rotatable bonds is 4. The summed E-state index contributed by atoms with van der Waals surface area (Å²) in [5.41, 5.74) is 0. The molecular weight excluding hydrogens is 238 g/mol. The second-order valence-corrected chi connectivity index (χ2v) is 5.44. The van der Waals surface area contributed by atoms with Gasteiger partial charge in [-0.05, 0) is 19.5 Å². The van der Waals surface area contributed by atoms with Crippen molar-refractivity contribution in [2.24, 2.45) is 0 Å². The van der Waals surface area contributed by atoms with E-state index in [0.29, 0.717) is 6.54 Å². The van der Waals surface area contributed by atoms with Gasteiger partial charge in [0.15, 0.2) is 0 Å². The molecule has 0 saturated carbocycles. The van der Waals surface area contributed by atoms with Crippen molar-refractivity contribution < 1.29 is 8.42 Å². The molecule has 1 saturated heterocycles. The van der Waals surface area contributed by atoms with E-state index in [1.54, 1.807) is 0 Å². The van der Waals surface area contributed by atoms with Gasteiger partial charge in [0.1, 0.15) is 0 Å². The van der Waals surface area contributed by atoms with Crippen LogP contribution >= 0.6 is 12.4 Å². The van der Waals surface area contributed by atoms with Crippen molar-refractivity contribution in [1.82, 2.24) is 14.9 Å². The van der Waals surface area contributed by atoms with Crippen LogP contribution in [0.4, 0.5) is 0 Å². The maximum Gasteiger partial charge on any atom is 0.208 e. The fourth-order valence-electron chi connectivity index (χ4n) is 1.51. The lowest BCUT2D eigenvalue weighted by molar-refractivity contribution is 0.297. The molecule has 92 valence electrons. The van der Waals surface area contributed by atoms with Gasteiger partial charge in [0.25, 0.3) is 0 Å². The van der Waals surface area contributed by atoms with Crippen LogP contribution in [0.1, 0.15) is 6.42 Å². The molecule has 15 heavy (non-hydrogen) atoms. The zero-order valence-corrected chi connectivity index (χ0v) is 10.7. The molecule has 1 aliphatic heterocycles. The molecule has 5 nitrogen and oxygen atoms in total. The summed E-state index contributed by atoms with van der Waals surface area (Å²) in [6, 6.07) is 0. The van der Waals surface area contributed by atoms with Gasteiger partial charge in [-0.25, -0.2) is 13.1 Å². The minimum Gasteiger partial charge on any atom is -0.315 e. The van der Waals surface area contributed by atoms with E-state index >= 15 is 0 Å². The zero-order chi connectivity index (χ0) is 10.4. The third-order valence-electron chi connectivity index (χ3n) is 2.22. The molecule has 0 spiro atoms. The number of hydrogen-bond donors (Lipinski definition) is 2. The number of hydrogen-bond acceptors (Lipinski definition) is 4. The van der Waals surface area contributed by atoms with Crippen molar-refractivity contribution in [3.63, 3.8) is 0 Å². The Morgan fingerprint density at radius 1 is 1.33 bits per heavy atom. The second kappa shape index (κ2) is 7.40. The molecule has 0 radical (unpaired) electrons. The van der Waals surface area contributed by atoms with E-state index in [2.05, 4.69) is 14.9 Å². The number of sulfonamides is 1. The van der Waals surface area contributed by atoms with Crippen LogP contribution in [0.25, 0.3) is 0 Å². The average Bonchev–Trinajstić information content (AvgIpc) is 2.30. The maximum absolute atomic E-state index is 10.8. The lowest BCUT2D eigenvalue weighted by Crippen LogP contribution is -2.36. The topological polar surface area (TPSA) is 61.4 Å². The molecule has 7 heteroatoms. The van der Waals surface area contributed by atoms with Crippen LogP contribution < -0.4 is 10.0 Å². The van der Waals surface area contributed by atoms with Crippen molar-refractivity contribution in [3.05, 3.63) is 0 Å². The first-order valence-corrected chi connectivity index (χ1v) is 6.85. The molecule has 0 aromatic carbocycles. The molecule has 0 aromatic rings. The molecule has 0 aromatic heterocycles. The van der Waals surface area contributed by atoms with Crippen molar-refractivity contribution in [3.8, 4) is 0 Å². The summed E-state index contributed by atoms with van der Waals surface area (Å²) in [7, 11) is -3.03. The van der Waals surface area contributed by atoms with E-state index in [4.69, 9.17) is 0 Å². The molecule has 1 aliphatic rings. The first kappa shape index (κ1) is 15.1. The Morgan fingerprint density at radius 3 is 2.73 bits per heavy atom. The van der Waals surface area contributed by atoms with E-state index < -0.39 is 10.0 Å². The van der Waals surface area contributed by atoms with E-state index in [0.717, 1.165) is 39.1 Å². The molecule has 0 bridgehead atoms. The summed E-state index contributed by atoms with van der Waals surface area (Å²) < 4.78 is 24.1. The molecule has 0 aliphatic carbocycles. The average molecular weight is 258 g/mol.